The van der Waals surface area contributed by atoms with Gasteiger partial charge in [0.05, 0.1) is 19.3 Å². The molecule has 0 aliphatic heterocycles. The van der Waals surface area contributed by atoms with Crippen LogP contribution >= 0.6 is 0 Å². The van der Waals surface area contributed by atoms with Crippen LogP contribution in [0, 0.1) is 11.8 Å². The number of hydrogen-bond acceptors (Lipinski definition) is 2. The number of hydrogen-bond donors (Lipinski definition) is 1. The van der Waals surface area contributed by atoms with Gasteiger partial charge in [0.2, 0.25) is 0 Å². The van der Waals surface area contributed by atoms with Gasteiger partial charge in [-0.25, -0.2) is 0 Å². The van der Waals surface area contributed by atoms with Crippen LogP contribution in [0.5, 0.6) is 0 Å². The average Bonchev–Trinajstić information content (AvgIpc) is 2.90. The summed E-state index contributed by atoms with van der Waals surface area (Å²) in [7, 11) is 0. The molecule has 96 valence electrons. The minimum absolute atomic E-state index is 0.123. The van der Waals surface area contributed by atoms with Gasteiger partial charge >= 0.3 is 0 Å². The molecular formula is C16H20O2. The lowest BCUT2D eigenvalue weighted by Gasteiger charge is -2.10. The summed E-state index contributed by atoms with van der Waals surface area (Å²) in [6.45, 7) is 0.803. The first-order valence-corrected chi connectivity index (χ1v) is 6.69. The predicted octanol–water partition coefficient (Wildman–Crippen LogP) is 2.88. The second kappa shape index (κ2) is 7.20. The van der Waals surface area contributed by atoms with E-state index in [0.717, 1.165) is 5.56 Å². The van der Waals surface area contributed by atoms with Crippen LogP contribution in [0.2, 0.25) is 0 Å². The molecule has 1 aromatic carbocycles. The maximum Gasteiger partial charge on any atom is 0.0721 e. The van der Waals surface area contributed by atoms with E-state index in [1.807, 2.05) is 12.1 Å². The van der Waals surface area contributed by atoms with Crippen molar-refractivity contribution >= 4 is 0 Å². The van der Waals surface area contributed by atoms with Crippen molar-refractivity contribution in [2.24, 2.45) is 0 Å². The normalized spacial score (nSPS) is 15.4. The highest BCUT2D eigenvalue weighted by Crippen LogP contribution is 2.22. The molecule has 2 heteroatoms. The quantitative estimate of drug-likeness (QED) is 0.825. The highest BCUT2D eigenvalue weighted by molar-refractivity contribution is 5.36. The van der Waals surface area contributed by atoms with Crippen molar-refractivity contribution in [3.63, 3.8) is 0 Å². The van der Waals surface area contributed by atoms with Gasteiger partial charge in [-0.3, -0.25) is 0 Å². The maximum absolute atomic E-state index is 8.68. The Labute approximate surface area is 109 Å². The Balaban J connectivity index is 1.88. The zero-order valence-corrected chi connectivity index (χ0v) is 10.7. The summed E-state index contributed by atoms with van der Waals surface area (Å²) in [5.41, 5.74) is 2.17. The SMILES string of the molecule is OCCC#Cc1cccc(COC2CCCC2)c1. The topological polar surface area (TPSA) is 29.5 Å². The fraction of sp³-hybridized carbons (Fsp3) is 0.500. The van der Waals surface area contributed by atoms with E-state index in [-0.39, 0.29) is 6.61 Å². The second-order valence-electron chi connectivity index (χ2n) is 4.69. The van der Waals surface area contributed by atoms with Gasteiger partial charge in [-0.05, 0) is 30.5 Å². The Morgan fingerprint density at radius 2 is 2.11 bits per heavy atom. The smallest absolute Gasteiger partial charge is 0.0721 e. The molecule has 1 N–H and O–H groups in total. The first-order chi connectivity index (χ1) is 8.88. The molecule has 1 aliphatic rings. The van der Waals surface area contributed by atoms with Crippen LogP contribution in [0.4, 0.5) is 0 Å². The molecule has 2 rings (SSSR count). The van der Waals surface area contributed by atoms with Gasteiger partial charge in [-0.2, -0.15) is 0 Å². The van der Waals surface area contributed by atoms with E-state index < -0.39 is 0 Å². The monoisotopic (exact) mass is 244 g/mol. The summed E-state index contributed by atoms with van der Waals surface area (Å²) in [6, 6.07) is 8.14. The number of aliphatic hydroxyl groups excluding tert-OH is 1. The van der Waals surface area contributed by atoms with Crippen LogP contribution in [0.25, 0.3) is 0 Å². The largest absolute Gasteiger partial charge is 0.395 e. The molecule has 18 heavy (non-hydrogen) atoms. The minimum atomic E-state index is 0.123. The molecule has 0 spiro atoms. The highest BCUT2D eigenvalue weighted by atomic mass is 16.5. The highest BCUT2D eigenvalue weighted by Gasteiger charge is 2.14. The summed E-state index contributed by atoms with van der Waals surface area (Å²) in [5.74, 6) is 5.98. The summed E-state index contributed by atoms with van der Waals surface area (Å²) in [4.78, 5) is 0. The van der Waals surface area contributed by atoms with Crippen molar-refractivity contribution in [3.8, 4) is 11.8 Å². The van der Waals surface area contributed by atoms with Crippen molar-refractivity contribution < 1.29 is 9.84 Å². The average molecular weight is 244 g/mol. The molecule has 1 aliphatic carbocycles. The van der Waals surface area contributed by atoms with E-state index in [2.05, 4.69) is 24.0 Å². The van der Waals surface area contributed by atoms with Crippen LogP contribution in [-0.2, 0) is 11.3 Å². The molecule has 0 amide bonds. The van der Waals surface area contributed by atoms with E-state index in [0.29, 0.717) is 19.1 Å². The molecule has 0 bridgehead atoms. The Morgan fingerprint density at radius 3 is 2.89 bits per heavy atom. The third-order valence-corrected chi connectivity index (χ3v) is 3.18. The number of benzene rings is 1. The van der Waals surface area contributed by atoms with Crippen LogP contribution in [0.1, 0.15) is 43.2 Å². The molecule has 0 heterocycles. The molecule has 1 fully saturated rings. The third kappa shape index (κ3) is 4.18. The van der Waals surface area contributed by atoms with Crippen molar-refractivity contribution in [3.05, 3.63) is 35.4 Å². The first-order valence-electron chi connectivity index (χ1n) is 6.69. The standard InChI is InChI=1S/C16H20O2/c17-11-4-3-6-14-7-5-8-15(12-14)13-18-16-9-1-2-10-16/h5,7-8,12,16-17H,1-2,4,9-11,13H2. The van der Waals surface area contributed by atoms with E-state index in [4.69, 9.17) is 9.84 Å². The van der Waals surface area contributed by atoms with E-state index in [9.17, 15) is 0 Å². The zero-order valence-electron chi connectivity index (χ0n) is 10.7. The number of rotatable bonds is 4. The summed E-state index contributed by atoms with van der Waals surface area (Å²) < 4.78 is 5.88. The van der Waals surface area contributed by atoms with E-state index >= 15 is 0 Å². The lowest BCUT2D eigenvalue weighted by molar-refractivity contribution is 0.0457. The minimum Gasteiger partial charge on any atom is -0.395 e. The van der Waals surface area contributed by atoms with Crippen molar-refractivity contribution in [1.29, 1.82) is 0 Å². The molecule has 1 saturated carbocycles. The molecule has 0 aromatic heterocycles. The van der Waals surface area contributed by atoms with Crippen LogP contribution in [0.3, 0.4) is 0 Å². The van der Waals surface area contributed by atoms with Crippen molar-refractivity contribution in [2.45, 2.75) is 44.8 Å². The van der Waals surface area contributed by atoms with Crippen LogP contribution < -0.4 is 0 Å². The van der Waals surface area contributed by atoms with Crippen LogP contribution in [-0.4, -0.2) is 17.8 Å². The van der Waals surface area contributed by atoms with Gasteiger partial charge in [-0.1, -0.05) is 36.8 Å². The first kappa shape index (κ1) is 13.1. The Kier molecular flexibility index (Phi) is 5.26. The van der Waals surface area contributed by atoms with Gasteiger partial charge in [0, 0.05) is 12.0 Å². The van der Waals surface area contributed by atoms with Gasteiger partial charge < -0.3 is 9.84 Å². The summed E-state index contributed by atoms with van der Waals surface area (Å²) in [6.07, 6.45) is 6.00. The Bertz CT molecular complexity index is 422. The van der Waals surface area contributed by atoms with Gasteiger partial charge in [-0.15, -0.1) is 0 Å². The molecule has 0 atom stereocenters. The Hall–Kier alpha value is -1.30. The van der Waals surface area contributed by atoms with Crippen molar-refractivity contribution in [2.75, 3.05) is 6.61 Å². The van der Waals surface area contributed by atoms with Crippen LogP contribution in [0.15, 0.2) is 24.3 Å². The third-order valence-electron chi connectivity index (χ3n) is 3.18. The fourth-order valence-corrected chi connectivity index (χ4v) is 2.23. The molecule has 0 unspecified atom stereocenters. The van der Waals surface area contributed by atoms with Gasteiger partial charge in [0.1, 0.15) is 0 Å². The molecule has 0 radical (unpaired) electrons. The summed E-state index contributed by atoms with van der Waals surface area (Å²) >= 11 is 0. The van der Waals surface area contributed by atoms with E-state index in [1.54, 1.807) is 0 Å². The number of ether oxygens (including phenoxy) is 1. The molecule has 0 saturated heterocycles. The van der Waals surface area contributed by atoms with Gasteiger partial charge in [0.25, 0.3) is 0 Å². The zero-order chi connectivity index (χ0) is 12.6. The Morgan fingerprint density at radius 1 is 1.28 bits per heavy atom. The maximum atomic E-state index is 8.68. The molecule has 1 aromatic rings. The predicted molar refractivity (Wildman–Crippen MR) is 72.1 cm³/mol. The molecular weight excluding hydrogens is 224 g/mol. The lowest BCUT2D eigenvalue weighted by atomic mass is 10.1. The molecule has 2 nitrogen and oxygen atoms in total. The lowest BCUT2D eigenvalue weighted by Crippen LogP contribution is -2.07. The van der Waals surface area contributed by atoms with Gasteiger partial charge in [0.15, 0.2) is 0 Å². The fourth-order valence-electron chi connectivity index (χ4n) is 2.23. The second-order valence-corrected chi connectivity index (χ2v) is 4.69. The van der Waals surface area contributed by atoms with Crippen molar-refractivity contribution in [1.82, 2.24) is 0 Å². The number of aliphatic hydroxyl groups is 1. The van der Waals surface area contributed by atoms with E-state index in [1.165, 1.54) is 31.2 Å². The summed E-state index contributed by atoms with van der Waals surface area (Å²) in [5, 5.41) is 8.68.